The summed E-state index contributed by atoms with van der Waals surface area (Å²) in [5.74, 6) is 0. The largest absolute Gasteiger partial charge is 0.317 e. The lowest BCUT2D eigenvalue weighted by Gasteiger charge is -2.33. The minimum atomic E-state index is -3.43. The van der Waals surface area contributed by atoms with Gasteiger partial charge in [0.15, 0.2) is 0 Å². The summed E-state index contributed by atoms with van der Waals surface area (Å²) in [6.07, 6.45) is 2.59. The lowest BCUT2D eigenvalue weighted by atomic mass is 10.1. The third-order valence-electron chi connectivity index (χ3n) is 3.78. The van der Waals surface area contributed by atoms with Crippen LogP contribution >= 0.6 is 28.3 Å². The zero-order valence-electron chi connectivity index (χ0n) is 13.0. The number of piperidine rings is 1. The summed E-state index contributed by atoms with van der Waals surface area (Å²) in [6.45, 7) is 6.29. The maximum Gasteiger partial charge on any atom is 0.243 e. The van der Waals surface area contributed by atoms with Crippen molar-refractivity contribution in [3.8, 4) is 0 Å². The second-order valence-corrected chi connectivity index (χ2v) is 8.37. The van der Waals surface area contributed by atoms with Crippen molar-refractivity contribution in [2.24, 2.45) is 0 Å². The predicted octanol–water partition coefficient (Wildman–Crippen LogP) is 3.33. The average molecular weight is 412 g/mol. The van der Waals surface area contributed by atoms with Crippen LogP contribution in [0.3, 0.4) is 0 Å². The van der Waals surface area contributed by atoms with E-state index >= 15 is 0 Å². The summed E-state index contributed by atoms with van der Waals surface area (Å²) in [6, 6.07) is 5.49. The molecule has 1 aliphatic rings. The van der Waals surface area contributed by atoms with Gasteiger partial charge in [-0.2, -0.15) is 4.31 Å². The van der Waals surface area contributed by atoms with Gasteiger partial charge in [-0.15, -0.1) is 12.4 Å². The van der Waals surface area contributed by atoms with E-state index in [0.29, 0.717) is 11.4 Å². The fourth-order valence-electron chi connectivity index (χ4n) is 2.80. The summed E-state index contributed by atoms with van der Waals surface area (Å²) in [5, 5.41) is 3.29. The monoisotopic (exact) mass is 410 g/mol. The van der Waals surface area contributed by atoms with Crippen molar-refractivity contribution in [3.63, 3.8) is 0 Å². The maximum atomic E-state index is 13.0. The molecule has 0 bridgehead atoms. The number of rotatable bonds is 5. The van der Waals surface area contributed by atoms with Crippen LogP contribution in [0.25, 0.3) is 0 Å². The quantitative estimate of drug-likeness (QED) is 0.808. The molecule has 1 fully saturated rings. The van der Waals surface area contributed by atoms with Gasteiger partial charge >= 0.3 is 0 Å². The molecule has 1 aromatic rings. The number of nitrogens with one attached hydrogen (secondary N) is 1. The van der Waals surface area contributed by atoms with Gasteiger partial charge in [0, 0.05) is 17.1 Å². The van der Waals surface area contributed by atoms with Crippen molar-refractivity contribution < 1.29 is 8.42 Å². The molecule has 0 spiro atoms. The van der Waals surface area contributed by atoms with Gasteiger partial charge in [0.1, 0.15) is 0 Å². The molecule has 0 aromatic heterocycles. The molecule has 0 saturated carbocycles. The lowest BCUT2D eigenvalue weighted by Crippen LogP contribution is -2.46. The van der Waals surface area contributed by atoms with Crippen molar-refractivity contribution in [1.29, 1.82) is 0 Å². The molecule has 1 aromatic carbocycles. The molecule has 126 valence electrons. The Kier molecular flexibility index (Phi) is 7.82. The molecule has 0 aliphatic carbocycles. The number of aryl methyl sites for hydroxylation is 1. The predicted molar refractivity (Wildman–Crippen MR) is 96.2 cm³/mol. The first-order chi connectivity index (χ1) is 9.95. The molecule has 1 aliphatic heterocycles. The van der Waals surface area contributed by atoms with Gasteiger partial charge in [-0.3, -0.25) is 0 Å². The maximum absolute atomic E-state index is 13.0. The second-order valence-electron chi connectivity index (χ2n) is 5.56. The van der Waals surface area contributed by atoms with Crippen LogP contribution < -0.4 is 5.32 Å². The number of benzene rings is 1. The Bertz CT molecular complexity index is 569. The van der Waals surface area contributed by atoms with Crippen molar-refractivity contribution in [2.45, 2.75) is 44.0 Å². The fraction of sp³-hybridized carbons (Fsp3) is 0.600. The van der Waals surface area contributed by atoms with E-state index in [0.717, 1.165) is 42.4 Å². The highest BCUT2D eigenvalue weighted by Crippen LogP contribution is 2.26. The first kappa shape index (κ1) is 19.9. The highest BCUT2D eigenvalue weighted by molar-refractivity contribution is 9.10. The van der Waals surface area contributed by atoms with Gasteiger partial charge in [-0.25, -0.2) is 8.42 Å². The average Bonchev–Trinajstić information content (AvgIpc) is 2.44. The first-order valence-corrected chi connectivity index (χ1v) is 9.68. The van der Waals surface area contributed by atoms with Crippen LogP contribution in [0.5, 0.6) is 0 Å². The Morgan fingerprint density at radius 1 is 1.27 bits per heavy atom. The van der Waals surface area contributed by atoms with E-state index < -0.39 is 10.0 Å². The molecular formula is C15H24BrClN2O2S. The van der Waals surface area contributed by atoms with Crippen LogP contribution in [0.2, 0.25) is 0 Å². The van der Waals surface area contributed by atoms with Gasteiger partial charge < -0.3 is 5.32 Å². The van der Waals surface area contributed by atoms with Crippen LogP contribution in [0, 0.1) is 6.92 Å². The molecule has 2 rings (SSSR count). The van der Waals surface area contributed by atoms with E-state index in [4.69, 9.17) is 0 Å². The van der Waals surface area contributed by atoms with E-state index in [9.17, 15) is 8.42 Å². The normalized spacial score (nSPS) is 16.5. The Morgan fingerprint density at radius 3 is 2.45 bits per heavy atom. The molecular weight excluding hydrogens is 388 g/mol. The topological polar surface area (TPSA) is 49.4 Å². The van der Waals surface area contributed by atoms with E-state index in [2.05, 4.69) is 21.2 Å². The van der Waals surface area contributed by atoms with Gasteiger partial charge in [-0.1, -0.05) is 22.9 Å². The summed E-state index contributed by atoms with van der Waals surface area (Å²) in [4.78, 5) is 0.390. The summed E-state index contributed by atoms with van der Waals surface area (Å²) in [7, 11) is -3.43. The molecule has 1 heterocycles. The van der Waals surface area contributed by atoms with Gasteiger partial charge in [-0.05, 0) is 63.0 Å². The Labute approximate surface area is 148 Å². The first-order valence-electron chi connectivity index (χ1n) is 7.45. The fourth-order valence-corrected chi connectivity index (χ4v) is 5.47. The Morgan fingerprint density at radius 2 is 1.91 bits per heavy atom. The summed E-state index contributed by atoms with van der Waals surface area (Å²) < 4.78 is 28.5. The molecule has 1 saturated heterocycles. The van der Waals surface area contributed by atoms with Crippen LogP contribution in [0.4, 0.5) is 0 Å². The number of hydrogen-bond donors (Lipinski definition) is 1. The Hall–Kier alpha value is -0.140. The minimum Gasteiger partial charge on any atom is -0.317 e. The van der Waals surface area contributed by atoms with Crippen molar-refractivity contribution >= 4 is 38.4 Å². The third-order valence-corrected chi connectivity index (χ3v) is 6.17. The van der Waals surface area contributed by atoms with Crippen LogP contribution in [-0.2, 0) is 10.0 Å². The van der Waals surface area contributed by atoms with Crippen molar-refractivity contribution in [1.82, 2.24) is 9.62 Å². The zero-order chi connectivity index (χ0) is 15.5. The third kappa shape index (κ3) is 4.68. The van der Waals surface area contributed by atoms with Gasteiger partial charge in [0.05, 0.1) is 4.90 Å². The Balaban J connectivity index is 0.00000242. The van der Waals surface area contributed by atoms with Gasteiger partial charge in [0.25, 0.3) is 0 Å². The highest BCUT2D eigenvalue weighted by atomic mass is 79.9. The van der Waals surface area contributed by atoms with E-state index in [1.165, 1.54) is 0 Å². The second kappa shape index (κ2) is 8.64. The molecule has 1 N–H and O–H groups in total. The number of sulfonamides is 1. The van der Waals surface area contributed by atoms with E-state index in [-0.39, 0.29) is 18.4 Å². The van der Waals surface area contributed by atoms with Gasteiger partial charge in [0.2, 0.25) is 10.0 Å². The molecule has 4 nitrogen and oxygen atoms in total. The van der Waals surface area contributed by atoms with Crippen LogP contribution in [0.15, 0.2) is 27.6 Å². The van der Waals surface area contributed by atoms with Crippen LogP contribution in [0.1, 0.15) is 31.7 Å². The van der Waals surface area contributed by atoms with Crippen LogP contribution in [-0.4, -0.2) is 38.4 Å². The van der Waals surface area contributed by atoms with Crippen molar-refractivity contribution in [3.05, 3.63) is 28.2 Å². The molecule has 0 radical (unpaired) electrons. The highest BCUT2D eigenvalue weighted by Gasteiger charge is 2.31. The van der Waals surface area contributed by atoms with Crippen molar-refractivity contribution in [2.75, 3.05) is 19.6 Å². The smallest absolute Gasteiger partial charge is 0.243 e. The zero-order valence-corrected chi connectivity index (χ0v) is 16.2. The summed E-state index contributed by atoms with van der Waals surface area (Å²) in [5.41, 5.74) is 0.949. The van der Waals surface area contributed by atoms with E-state index in [1.807, 2.05) is 19.9 Å². The number of nitrogens with zero attached hydrogens (tertiary/aromatic N) is 1. The number of halogens is 2. The number of hydrogen-bond acceptors (Lipinski definition) is 3. The molecule has 22 heavy (non-hydrogen) atoms. The molecule has 0 amide bonds. The minimum absolute atomic E-state index is 0. The molecule has 0 atom stereocenters. The van der Waals surface area contributed by atoms with E-state index in [1.54, 1.807) is 16.4 Å². The molecule has 0 unspecified atom stereocenters. The molecule has 7 heteroatoms. The summed E-state index contributed by atoms with van der Waals surface area (Å²) >= 11 is 3.40. The standard InChI is InChI=1S/C15H23BrN2O2S.ClH/c1-3-8-18(14-4-6-17-7-5-14)21(19,20)15-10-12(2)9-13(16)11-15;/h9-11,14,17H,3-8H2,1-2H3;1H. The lowest BCUT2D eigenvalue weighted by molar-refractivity contribution is 0.262. The SMILES string of the molecule is CCCN(C1CCNCC1)S(=O)(=O)c1cc(C)cc(Br)c1.Cl.